The highest BCUT2D eigenvalue weighted by atomic mass is 16.4. The second-order valence-electron chi connectivity index (χ2n) is 8.60. The molecule has 0 atom stereocenters. The van der Waals surface area contributed by atoms with Crippen LogP contribution in [-0.4, -0.2) is 16.1 Å². The van der Waals surface area contributed by atoms with Crippen LogP contribution in [0.2, 0.25) is 0 Å². The first-order valence-corrected chi connectivity index (χ1v) is 12.4. The van der Waals surface area contributed by atoms with E-state index in [9.17, 15) is 4.79 Å². The van der Waals surface area contributed by atoms with Crippen LogP contribution in [0, 0.1) is 0 Å². The molecule has 0 spiro atoms. The van der Waals surface area contributed by atoms with Gasteiger partial charge in [0.15, 0.2) is 0 Å². The molecule has 0 aliphatic heterocycles. The Bertz CT molecular complexity index is 817. The number of hydrogen-bond donors (Lipinski definition) is 2. The van der Waals surface area contributed by atoms with Crippen LogP contribution < -0.4 is 0 Å². The Hall–Kier alpha value is -2.29. The van der Waals surface area contributed by atoms with Crippen molar-refractivity contribution < 1.29 is 9.90 Å². The van der Waals surface area contributed by atoms with Crippen LogP contribution in [0.5, 0.6) is 0 Å². The minimum absolute atomic E-state index is 0.345. The smallest absolute Gasteiger partial charge is 0.303 e. The third-order valence-corrected chi connectivity index (χ3v) is 5.91. The van der Waals surface area contributed by atoms with Crippen molar-refractivity contribution in [3.63, 3.8) is 0 Å². The van der Waals surface area contributed by atoms with E-state index < -0.39 is 5.97 Å². The van der Waals surface area contributed by atoms with Gasteiger partial charge in [-0.05, 0) is 18.6 Å². The summed E-state index contributed by atoms with van der Waals surface area (Å²) < 4.78 is 0. The summed E-state index contributed by atoms with van der Waals surface area (Å²) >= 11 is 0. The summed E-state index contributed by atoms with van der Waals surface area (Å²) in [6.07, 6.45) is 17.3. The van der Waals surface area contributed by atoms with Gasteiger partial charge in [-0.3, -0.25) is 4.79 Å². The van der Waals surface area contributed by atoms with Gasteiger partial charge in [-0.1, -0.05) is 120 Å². The average Bonchev–Trinajstić information content (AvgIpc) is 3.16. The molecular formula is C28H41NO2. The molecule has 1 heterocycles. The highest BCUT2D eigenvalue weighted by molar-refractivity contribution is 6.06. The molecule has 2 N–H and O–H groups in total. The lowest BCUT2D eigenvalue weighted by Gasteiger charge is -2.02. The van der Waals surface area contributed by atoms with E-state index in [2.05, 4.69) is 60.4 Å². The van der Waals surface area contributed by atoms with E-state index in [-0.39, 0.29) is 0 Å². The van der Waals surface area contributed by atoms with Gasteiger partial charge >= 0.3 is 5.97 Å². The number of carbonyl (C=O) groups is 1. The highest BCUT2D eigenvalue weighted by Gasteiger charge is 2.00. The number of rotatable bonds is 14. The zero-order valence-corrected chi connectivity index (χ0v) is 19.4. The van der Waals surface area contributed by atoms with E-state index in [1.165, 1.54) is 92.4 Å². The van der Waals surface area contributed by atoms with Crippen molar-refractivity contribution in [2.45, 2.75) is 96.8 Å². The Morgan fingerprint density at radius 2 is 1.03 bits per heavy atom. The van der Waals surface area contributed by atoms with Crippen molar-refractivity contribution in [1.29, 1.82) is 0 Å². The van der Waals surface area contributed by atoms with Gasteiger partial charge in [0.05, 0.1) is 0 Å². The number of unbranched alkanes of at least 4 members (excludes halogenated alkanes) is 12. The molecule has 0 aliphatic carbocycles. The molecule has 2 aromatic carbocycles. The minimum atomic E-state index is -0.655. The topological polar surface area (TPSA) is 53.1 Å². The van der Waals surface area contributed by atoms with Crippen molar-refractivity contribution in [3.8, 4) is 0 Å². The van der Waals surface area contributed by atoms with Gasteiger partial charge in [-0.15, -0.1) is 0 Å². The number of benzene rings is 2. The Balaban J connectivity index is 0.000000228. The summed E-state index contributed by atoms with van der Waals surface area (Å²) in [7, 11) is 0. The molecule has 0 saturated carbocycles. The van der Waals surface area contributed by atoms with Crippen molar-refractivity contribution in [2.75, 3.05) is 0 Å². The highest BCUT2D eigenvalue weighted by Crippen LogP contribution is 2.24. The average molecular weight is 424 g/mol. The first-order chi connectivity index (χ1) is 15.2. The van der Waals surface area contributed by atoms with E-state index in [0.29, 0.717) is 6.42 Å². The zero-order chi connectivity index (χ0) is 22.2. The molecule has 1 aromatic heterocycles. The SMILES string of the molecule is CCCCCCCCCCCCCCCC(=O)O.c1ccc2c(c1)[nH]c1ccccc12. The number of para-hydroxylation sites is 2. The van der Waals surface area contributed by atoms with Gasteiger partial charge < -0.3 is 10.1 Å². The van der Waals surface area contributed by atoms with E-state index in [0.717, 1.165) is 12.8 Å². The predicted molar refractivity (Wildman–Crippen MR) is 134 cm³/mol. The maximum absolute atomic E-state index is 10.3. The van der Waals surface area contributed by atoms with Crippen LogP contribution >= 0.6 is 0 Å². The van der Waals surface area contributed by atoms with Crippen molar-refractivity contribution >= 4 is 27.8 Å². The van der Waals surface area contributed by atoms with Gasteiger partial charge in [0.2, 0.25) is 0 Å². The third-order valence-electron chi connectivity index (χ3n) is 5.91. The zero-order valence-electron chi connectivity index (χ0n) is 19.4. The number of aromatic amines is 1. The molecule has 3 rings (SSSR count). The summed E-state index contributed by atoms with van der Waals surface area (Å²) in [5, 5.41) is 11.1. The molecule has 0 saturated heterocycles. The molecular weight excluding hydrogens is 382 g/mol. The predicted octanol–water partition coefficient (Wildman–Crippen LogP) is 8.87. The number of H-pyrrole nitrogens is 1. The fraction of sp³-hybridized carbons (Fsp3) is 0.536. The monoisotopic (exact) mass is 423 g/mol. The second-order valence-corrected chi connectivity index (χ2v) is 8.60. The van der Waals surface area contributed by atoms with Crippen molar-refractivity contribution in [1.82, 2.24) is 4.98 Å². The molecule has 170 valence electrons. The van der Waals surface area contributed by atoms with Crippen LogP contribution in [0.1, 0.15) is 96.8 Å². The summed E-state index contributed by atoms with van der Waals surface area (Å²) in [5.41, 5.74) is 2.42. The van der Waals surface area contributed by atoms with Gasteiger partial charge in [-0.25, -0.2) is 0 Å². The maximum Gasteiger partial charge on any atom is 0.303 e. The number of fused-ring (bicyclic) bond motifs is 3. The van der Waals surface area contributed by atoms with Crippen molar-refractivity contribution in [3.05, 3.63) is 48.5 Å². The minimum Gasteiger partial charge on any atom is -0.481 e. The van der Waals surface area contributed by atoms with Crippen molar-refractivity contribution in [2.24, 2.45) is 0 Å². The Kier molecular flexibility index (Phi) is 12.5. The molecule has 0 fully saturated rings. The van der Waals surface area contributed by atoms with Crippen LogP contribution in [0.4, 0.5) is 0 Å². The molecule has 0 bridgehead atoms. The van der Waals surface area contributed by atoms with Crippen LogP contribution in [0.15, 0.2) is 48.5 Å². The standard InChI is InChI=1S/C16H32O2.C12H9N/c1-2-3-4-5-6-7-8-9-10-11-12-13-14-15-16(17)18;1-3-7-11-9(5-1)10-6-2-4-8-12(10)13-11/h2-15H2,1H3,(H,17,18);1-8,13H. The Morgan fingerprint density at radius 1 is 0.645 bits per heavy atom. The molecule has 0 radical (unpaired) electrons. The molecule has 0 aliphatic rings. The molecule has 3 heteroatoms. The number of aliphatic carboxylic acids is 1. The molecule has 31 heavy (non-hydrogen) atoms. The lowest BCUT2D eigenvalue weighted by molar-refractivity contribution is -0.137. The first kappa shape index (κ1) is 25.0. The van der Waals surface area contributed by atoms with Crippen LogP contribution in [-0.2, 0) is 4.79 Å². The normalized spacial score (nSPS) is 10.9. The molecule has 3 aromatic rings. The fourth-order valence-corrected chi connectivity index (χ4v) is 4.09. The lowest BCUT2D eigenvalue weighted by Crippen LogP contribution is -1.93. The molecule has 0 unspecified atom stereocenters. The lowest BCUT2D eigenvalue weighted by atomic mass is 10.0. The summed E-state index contributed by atoms with van der Waals surface area (Å²) in [6, 6.07) is 16.8. The maximum atomic E-state index is 10.3. The van der Waals surface area contributed by atoms with Crippen LogP contribution in [0.3, 0.4) is 0 Å². The largest absolute Gasteiger partial charge is 0.481 e. The summed E-state index contributed by atoms with van der Waals surface area (Å²) in [6.45, 7) is 2.26. The number of carboxylic acids is 1. The fourth-order valence-electron chi connectivity index (χ4n) is 4.09. The number of carboxylic acid groups (broad SMARTS) is 1. The van der Waals surface area contributed by atoms with E-state index in [1.54, 1.807) is 0 Å². The summed E-state index contributed by atoms with van der Waals surface area (Å²) in [4.78, 5) is 13.7. The quantitative estimate of drug-likeness (QED) is 0.254. The van der Waals surface area contributed by atoms with Crippen LogP contribution in [0.25, 0.3) is 21.8 Å². The van der Waals surface area contributed by atoms with E-state index in [1.807, 2.05) is 0 Å². The summed E-state index contributed by atoms with van der Waals surface area (Å²) in [5.74, 6) is -0.655. The van der Waals surface area contributed by atoms with Gasteiger partial charge in [-0.2, -0.15) is 0 Å². The number of hydrogen-bond acceptors (Lipinski definition) is 1. The number of aromatic nitrogens is 1. The van der Waals surface area contributed by atoms with Gasteiger partial charge in [0.25, 0.3) is 0 Å². The first-order valence-electron chi connectivity index (χ1n) is 12.4. The van der Waals surface area contributed by atoms with E-state index in [4.69, 9.17) is 5.11 Å². The van der Waals surface area contributed by atoms with Gasteiger partial charge in [0, 0.05) is 28.2 Å². The molecule has 3 nitrogen and oxygen atoms in total. The van der Waals surface area contributed by atoms with E-state index >= 15 is 0 Å². The van der Waals surface area contributed by atoms with Gasteiger partial charge in [0.1, 0.15) is 0 Å². The second kappa shape index (κ2) is 15.5. The number of nitrogens with one attached hydrogen (secondary N) is 1. The molecule has 0 amide bonds. The third kappa shape index (κ3) is 10.0. The Labute approximate surface area is 188 Å². The Morgan fingerprint density at radius 3 is 1.45 bits per heavy atom.